The molecule has 1 fully saturated rings. The quantitative estimate of drug-likeness (QED) is 0.172. The molecule has 0 bridgehead atoms. The van der Waals surface area contributed by atoms with E-state index in [2.05, 4.69) is 5.32 Å². The van der Waals surface area contributed by atoms with E-state index in [1.54, 1.807) is 30.3 Å². The molecule has 1 amide bonds. The van der Waals surface area contributed by atoms with Crippen LogP contribution >= 0.6 is 0 Å². The first-order chi connectivity index (χ1) is 18.8. The summed E-state index contributed by atoms with van der Waals surface area (Å²) in [6.07, 6.45) is 10.3. The Balaban J connectivity index is 1.69. The Labute approximate surface area is 232 Å². The third-order valence-corrected chi connectivity index (χ3v) is 7.63. The number of carbonyl (C=O) groups is 2. The smallest absolute Gasteiger partial charge is 0.338 e. The lowest BCUT2D eigenvalue weighted by atomic mass is 9.75. The van der Waals surface area contributed by atoms with Crippen molar-refractivity contribution >= 4 is 11.9 Å². The number of carbonyl (C=O) groups excluding carboxylic acids is 2. The highest BCUT2D eigenvalue weighted by molar-refractivity contribution is 5.89. The summed E-state index contributed by atoms with van der Waals surface area (Å²) in [5.74, 6) is -0.550. The van der Waals surface area contributed by atoms with Crippen LogP contribution in [0.5, 0.6) is 0 Å². The Kier molecular flexibility index (Phi) is 12.0. The van der Waals surface area contributed by atoms with Gasteiger partial charge in [-0.05, 0) is 56.7 Å². The van der Waals surface area contributed by atoms with E-state index in [1.807, 2.05) is 68.5 Å². The lowest BCUT2D eigenvalue weighted by Gasteiger charge is -2.34. The summed E-state index contributed by atoms with van der Waals surface area (Å²) in [6.45, 7) is 4.54. The Morgan fingerprint density at radius 3 is 2.49 bits per heavy atom. The summed E-state index contributed by atoms with van der Waals surface area (Å²) < 4.78 is 5.97. The topological polar surface area (TPSA) is 95.9 Å². The fraction of sp³-hybridized carbons (Fsp3) is 0.455. The molecule has 3 rings (SSSR count). The number of aliphatic hydroxyl groups excluding tert-OH is 2. The van der Waals surface area contributed by atoms with Crippen LogP contribution in [0, 0.1) is 11.3 Å². The van der Waals surface area contributed by atoms with Crippen LogP contribution in [0.2, 0.25) is 0 Å². The van der Waals surface area contributed by atoms with Gasteiger partial charge in [0.05, 0.1) is 17.8 Å². The van der Waals surface area contributed by atoms with Gasteiger partial charge >= 0.3 is 5.97 Å². The average molecular weight is 534 g/mol. The molecule has 0 saturated heterocycles. The Hall–Kier alpha value is -3.22. The number of nitrogens with one attached hydrogen (secondary N) is 1. The third kappa shape index (κ3) is 9.19. The highest BCUT2D eigenvalue weighted by Gasteiger charge is 2.51. The van der Waals surface area contributed by atoms with Gasteiger partial charge in [0, 0.05) is 30.7 Å². The number of hydrogen-bond donors (Lipinski definition) is 3. The first-order valence-electron chi connectivity index (χ1n) is 14.1. The maximum absolute atomic E-state index is 12.9. The number of aliphatic hydroxyl groups is 2. The molecule has 2 aromatic carbocycles. The first-order valence-corrected chi connectivity index (χ1v) is 14.1. The summed E-state index contributed by atoms with van der Waals surface area (Å²) in [5.41, 5.74) is 0.970. The van der Waals surface area contributed by atoms with Crippen molar-refractivity contribution in [3.05, 3.63) is 96.1 Å². The fourth-order valence-corrected chi connectivity index (χ4v) is 5.28. The monoisotopic (exact) mass is 533 g/mol. The van der Waals surface area contributed by atoms with E-state index in [9.17, 15) is 19.8 Å². The number of ether oxygens (including phenoxy) is 1. The second-order valence-corrected chi connectivity index (χ2v) is 10.5. The number of allylic oxidation sites excluding steroid dienone is 2. The lowest BCUT2D eigenvalue weighted by Crippen LogP contribution is -2.35. The van der Waals surface area contributed by atoms with E-state index in [0.717, 1.165) is 24.8 Å². The molecule has 0 radical (unpaired) electrons. The van der Waals surface area contributed by atoms with E-state index in [-0.39, 0.29) is 11.8 Å². The number of benzene rings is 2. The van der Waals surface area contributed by atoms with Crippen LogP contribution < -0.4 is 5.32 Å². The minimum absolute atomic E-state index is 0.0590. The zero-order chi connectivity index (χ0) is 28.1. The summed E-state index contributed by atoms with van der Waals surface area (Å²) in [6, 6.07) is 18.9. The SMILES string of the molecule is CCNC(=O)CCC/C=C\C[C@H]1[C@@H](O)C[C@@H](OC(=O)c2ccccc2)C1(C)/C=C/[C@@H](O)CCc1ccccc1. The highest BCUT2D eigenvalue weighted by atomic mass is 16.5. The van der Waals surface area contributed by atoms with Gasteiger partial charge in [0.2, 0.25) is 5.91 Å². The van der Waals surface area contributed by atoms with Gasteiger partial charge in [0.25, 0.3) is 0 Å². The molecule has 2 aromatic rings. The molecule has 0 spiro atoms. The van der Waals surface area contributed by atoms with E-state index < -0.39 is 29.7 Å². The summed E-state index contributed by atoms with van der Waals surface area (Å²) in [7, 11) is 0. The van der Waals surface area contributed by atoms with Gasteiger partial charge in [0.1, 0.15) is 6.10 Å². The molecule has 1 saturated carbocycles. The van der Waals surface area contributed by atoms with Crippen molar-refractivity contribution < 1.29 is 24.5 Å². The number of rotatable bonds is 14. The minimum atomic E-state index is -0.664. The van der Waals surface area contributed by atoms with Crippen LogP contribution in [-0.4, -0.2) is 46.9 Å². The van der Waals surface area contributed by atoms with Crippen molar-refractivity contribution in [2.24, 2.45) is 11.3 Å². The van der Waals surface area contributed by atoms with Crippen LogP contribution in [0.3, 0.4) is 0 Å². The van der Waals surface area contributed by atoms with E-state index in [4.69, 9.17) is 4.74 Å². The lowest BCUT2D eigenvalue weighted by molar-refractivity contribution is -0.121. The summed E-state index contributed by atoms with van der Waals surface area (Å²) in [4.78, 5) is 24.6. The number of amides is 1. The van der Waals surface area contributed by atoms with E-state index in [0.29, 0.717) is 37.8 Å². The molecule has 0 aromatic heterocycles. The van der Waals surface area contributed by atoms with Gasteiger partial charge in [-0.3, -0.25) is 4.79 Å². The zero-order valence-electron chi connectivity index (χ0n) is 23.2. The van der Waals surface area contributed by atoms with Crippen LogP contribution in [0.25, 0.3) is 0 Å². The molecular weight excluding hydrogens is 490 g/mol. The Bertz CT molecular complexity index is 1080. The van der Waals surface area contributed by atoms with Crippen molar-refractivity contribution in [3.63, 3.8) is 0 Å². The normalized spacial score (nSPS) is 23.7. The molecule has 5 atom stereocenters. The second kappa shape index (κ2) is 15.4. The minimum Gasteiger partial charge on any atom is -0.458 e. The first kappa shape index (κ1) is 30.3. The van der Waals surface area contributed by atoms with Crippen LogP contribution in [0.15, 0.2) is 85.0 Å². The van der Waals surface area contributed by atoms with Gasteiger partial charge in [-0.25, -0.2) is 4.79 Å². The molecule has 0 heterocycles. The van der Waals surface area contributed by atoms with Crippen molar-refractivity contribution in [2.75, 3.05) is 6.54 Å². The van der Waals surface area contributed by atoms with Gasteiger partial charge in [-0.2, -0.15) is 0 Å². The molecule has 1 unspecified atom stereocenters. The maximum atomic E-state index is 12.9. The zero-order valence-corrected chi connectivity index (χ0v) is 23.2. The standard InChI is InChI=1S/C33H43NO5/c1-3-34-31(37)19-13-5-4-12-18-28-29(36)24-30(39-32(38)26-16-10-7-11-17-26)33(28,2)23-22-27(35)21-20-25-14-8-6-9-15-25/h4,6-12,14-17,22-23,27-30,35-36H,3,5,13,18-21,24H2,1-2H3,(H,34,37)/b12-4-,23-22+/t27-,28-,29-,30+,33?/m0/s1. The van der Waals surface area contributed by atoms with Crippen LogP contribution in [-0.2, 0) is 16.0 Å². The van der Waals surface area contributed by atoms with Crippen molar-refractivity contribution in [3.8, 4) is 0 Å². The second-order valence-electron chi connectivity index (χ2n) is 10.5. The number of hydrogen-bond acceptors (Lipinski definition) is 5. The summed E-state index contributed by atoms with van der Waals surface area (Å²) in [5, 5.41) is 24.6. The highest BCUT2D eigenvalue weighted by Crippen LogP contribution is 2.48. The van der Waals surface area contributed by atoms with Crippen LogP contribution in [0.4, 0.5) is 0 Å². The molecule has 6 heteroatoms. The molecule has 1 aliphatic carbocycles. The van der Waals surface area contributed by atoms with E-state index >= 15 is 0 Å². The van der Waals surface area contributed by atoms with Gasteiger partial charge in [-0.1, -0.05) is 79.8 Å². The summed E-state index contributed by atoms with van der Waals surface area (Å²) >= 11 is 0. The molecule has 6 nitrogen and oxygen atoms in total. The van der Waals surface area contributed by atoms with Gasteiger partial charge in [-0.15, -0.1) is 0 Å². The van der Waals surface area contributed by atoms with Crippen molar-refractivity contribution in [1.29, 1.82) is 0 Å². The molecule has 39 heavy (non-hydrogen) atoms. The average Bonchev–Trinajstić information content (AvgIpc) is 3.17. The molecule has 1 aliphatic rings. The van der Waals surface area contributed by atoms with E-state index in [1.165, 1.54) is 0 Å². The number of esters is 1. The fourth-order valence-electron chi connectivity index (χ4n) is 5.28. The molecular formula is C33H43NO5. The van der Waals surface area contributed by atoms with Crippen molar-refractivity contribution in [2.45, 2.75) is 77.1 Å². The molecule has 3 N–H and O–H groups in total. The predicted octanol–water partition coefficient (Wildman–Crippen LogP) is 5.40. The maximum Gasteiger partial charge on any atom is 0.338 e. The third-order valence-electron chi connectivity index (χ3n) is 7.63. The Morgan fingerprint density at radius 1 is 1.10 bits per heavy atom. The number of unbranched alkanes of at least 4 members (excludes halogenated alkanes) is 1. The van der Waals surface area contributed by atoms with Gasteiger partial charge in [0.15, 0.2) is 0 Å². The van der Waals surface area contributed by atoms with Crippen LogP contribution in [0.1, 0.15) is 68.3 Å². The van der Waals surface area contributed by atoms with Crippen molar-refractivity contribution in [1.82, 2.24) is 5.32 Å². The number of aryl methyl sites for hydroxylation is 1. The van der Waals surface area contributed by atoms with Gasteiger partial charge < -0.3 is 20.3 Å². The molecule has 210 valence electrons. The molecule has 0 aliphatic heterocycles. The Morgan fingerprint density at radius 2 is 1.79 bits per heavy atom. The largest absolute Gasteiger partial charge is 0.458 e. The predicted molar refractivity (Wildman–Crippen MR) is 154 cm³/mol.